The number of aliphatic hydroxyl groups excluding tert-OH is 1. The lowest BCUT2D eigenvalue weighted by Crippen LogP contribution is -2.30. The summed E-state index contributed by atoms with van der Waals surface area (Å²) in [7, 11) is 6.00. The minimum absolute atomic E-state index is 0.0186. The zero-order valence-electron chi connectivity index (χ0n) is 19.5. The van der Waals surface area contributed by atoms with Crippen molar-refractivity contribution in [3.63, 3.8) is 0 Å². The Morgan fingerprint density at radius 3 is 2.18 bits per heavy atom. The highest BCUT2D eigenvalue weighted by Gasteiger charge is 2.46. The molecule has 0 spiro atoms. The quantitative estimate of drug-likeness (QED) is 0.348. The van der Waals surface area contributed by atoms with Crippen LogP contribution >= 0.6 is 0 Å². The Morgan fingerprint density at radius 2 is 1.58 bits per heavy atom. The number of benzene rings is 2. The highest BCUT2D eigenvalue weighted by atomic mass is 16.5. The lowest BCUT2D eigenvalue weighted by atomic mass is 9.94. The fourth-order valence-electron chi connectivity index (χ4n) is 3.95. The Labute approximate surface area is 193 Å². The molecule has 8 nitrogen and oxygen atoms in total. The molecule has 1 amide bonds. The van der Waals surface area contributed by atoms with E-state index in [0.717, 1.165) is 6.42 Å². The van der Waals surface area contributed by atoms with E-state index in [-0.39, 0.29) is 16.9 Å². The summed E-state index contributed by atoms with van der Waals surface area (Å²) in [6.45, 7) is 2.37. The van der Waals surface area contributed by atoms with Gasteiger partial charge >= 0.3 is 0 Å². The molecular formula is C25H29NO7. The van der Waals surface area contributed by atoms with Crippen LogP contribution in [0.1, 0.15) is 36.9 Å². The first-order chi connectivity index (χ1) is 15.9. The monoisotopic (exact) mass is 455 g/mol. The average Bonchev–Trinajstić information content (AvgIpc) is 3.10. The van der Waals surface area contributed by atoms with Gasteiger partial charge in [-0.05, 0) is 42.3 Å². The highest BCUT2D eigenvalue weighted by Crippen LogP contribution is 2.43. The molecule has 1 N–H and O–H groups in total. The summed E-state index contributed by atoms with van der Waals surface area (Å²) < 4.78 is 21.4. The van der Waals surface area contributed by atoms with E-state index in [1.807, 2.05) is 6.92 Å². The standard InChI is InChI=1S/C25H29NO7/c1-6-7-12-26-22(15-8-10-19(32-4)20(13-15)33-5)21(24(28)25(26)29)23(27)17-14-16(30-2)9-11-18(17)31-3/h8-11,13-14,22,27H,6-7,12H2,1-5H3/b23-21+. The van der Waals surface area contributed by atoms with Gasteiger partial charge in [-0.25, -0.2) is 0 Å². The normalized spacial score (nSPS) is 17.2. The van der Waals surface area contributed by atoms with Crippen LogP contribution in [0, 0.1) is 0 Å². The van der Waals surface area contributed by atoms with Crippen molar-refractivity contribution in [2.24, 2.45) is 0 Å². The Kier molecular flexibility index (Phi) is 7.48. The van der Waals surface area contributed by atoms with Crippen LogP contribution < -0.4 is 18.9 Å². The predicted molar refractivity (Wildman–Crippen MR) is 123 cm³/mol. The number of amides is 1. The SMILES string of the molecule is CCCCN1C(=O)C(=O)/C(=C(/O)c2cc(OC)ccc2OC)C1c1ccc(OC)c(OC)c1. The molecule has 1 fully saturated rings. The number of carbonyl (C=O) groups excluding carboxylic acids is 2. The Bertz CT molecular complexity index is 1080. The van der Waals surface area contributed by atoms with E-state index in [4.69, 9.17) is 18.9 Å². The fraction of sp³-hybridized carbons (Fsp3) is 0.360. The molecule has 176 valence electrons. The minimum atomic E-state index is -0.799. The molecule has 3 rings (SSSR count). The molecule has 0 aliphatic carbocycles. The van der Waals surface area contributed by atoms with Crippen LogP contribution in [-0.2, 0) is 9.59 Å². The van der Waals surface area contributed by atoms with Crippen LogP contribution in [0.15, 0.2) is 42.0 Å². The van der Waals surface area contributed by atoms with Crippen molar-refractivity contribution in [3.05, 3.63) is 53.1 Å². The minimum Gasteiger partial charge on any atom is -0.507 e. The van der Waals surface area contributed by atoms with E-state index in [1.54, 1.807) is 36.4 Å². The van der Waals surface area contributed by atoms with Gasteiger partial charge in [0.15, 0.2) is 11.5 Å². The molecular weight excluding hydrogens is 426 g/mol. The summed E-state index contributed by atoms with van der Waals surface area (Å²) in [5.41, 5.74) is 0.858. The lowest BCUT2D eigenvalue weighted by Gasteiger charge is -2.26. The zero-order valence-corrected chi connectivity index (χ0v) is 19.5. The van der Waals surface area contributed by atoms with Gasteiger partial charge in [0.2, 0.25) is 0 Å². The summed E-state index contributed by atoms with van der Waals surface area (Å²) in [6.07, 6.45) is 1.55. The van der Waals surface area contributed by atoms with E-state index in [0.29, 0.717) is 41.5 Å². The number of carbonyl (C=O) groups is 2. The maximum Gasteiger partial charge on any atom is 0.295 e. The van der Waals surface area contributed by atoms with Gasteiger partial charge in [0, 0.05) is 6.54 Å². The van der Waals surface area contributed by atoms with Gasteiger partial charge in [0.05, 0.1) is 45.6 Å². The third-order valence-electron chi connectivity index (χ3n) is 5.68. The second kappa shape index (κ2) is 10.3. The molecule has 1 saturated heterocycles. The van der Waals surface area contributed by atoms with E-state index in [9.17, 15) is 14.7 Å². The summed E-state index contributed by atoms with van der Waals surface area (Å²) >= 11 is 0. The Morgan fingerprint density at radius 1 is 0.909 bits per heavy atom. The van der Waals surface area contributed by atoms with Crippen molar-refractivity contribution in [2.75, 3.05) is 35.0 Å². The van der Waals surface area contributed by atoms with Crippen molar-refractivity contribution in [3.8, 4) is 23.0 Å². The van der Waals surface area contributed by atoms with Gasteiger partial charge in [-0.15, -0.1) is 0 Å². The topological polar surface area (TPSA) is 94.5 Å². The number of hydrogen-bond donors (Lipinski definition) is 1. The lowest BCUT2D eigenvalue weighted by molar-refractivity contribution is -0.139. The molecule has 0 saturated carbocycles. The predicted octanol–water partition coefficient (Wildman–Crippen LogP) is 3.94. The van der Waals surface area contributed by atoms with Crippen LogP contribution in [0.5, 0.6) is 23.0 Å². The number of nitrogens with zero attached hydrogens (tertiary/aromatic N) is 1. The number of methoxy groups -OCH3 is 4. The highest BCUT2D eigenvalue weighted by molar-refractivity contribution is 6.46. The van der Waals surface area contributed by atoms with Gasteiger partial charge in [-0.3, -0.25) is 9.59 Å². The van der Waals surface area contributed by atoms with Crippen molar-refractivity contribution in [1.29, 1.82) is 0 Å². The van der Waals surface area contributed by atoms with E-state index in [2.05, 4.69) is 0 Å². The maximum absolute atomic E-state index is 13.2. The third kappa shape index (κ3) is 4.46. The van der Waals surface area contributed by atoms with Gasteiger partial charge in [0.25, 0.3) is 11.7 Å². The van der Waals surface area contributed by atoms with Crippen LogP contribution in [0.25, 0.3) is 5.76 Å². The molecule has 2 aromatic rings. The van der Waals surface area contributed by atoms with Crippen LogP contribution in [-0.4, -0.2) is 56.7 Å². The molecule has 33 heavy (non-hydrogen) atoms. The van der Waals surface area contributed by atoms with Crippen molar-refractivity contribution in [2.45, 2.75) is 25.8 Å². The first-order valence-electron chi connectivity index (χ1n) is 10.6. The molecule has 1 aliphatic heterocycles. The molecule has 1 atom stereocenters. The zero-order chi connectivity index (χ0) is 24.1. The number of aliphatic hydroxyl groups is 1. The van der Waals surface area contributed by atoms with Crippen molar-refractivity contribution < 1.29 is 33.6 Å². The molecule has 0 aromatic heterocycles. The fourth-order valence-corrected chi connectivity index (χ4v) is 3.95. The number of rotatable bonds is 9. The van der Waals surface area contributed by atoms with Crippen LogP contribution in [0.4, 0.5) is 0 Å². The second-order valence-corrected chi connectivity index (χ2v) is 7.53. The van der Waals surface area contributed by atoms with Crippen molar-refractivity contribution in [1.82, 2.24) is 4.90 Å². The number of hydrogen-bond acceptors (Lipinski definition) is 7. The molecule has 0 radical (unpaired) electrons. The number of Topliss-reactive ketones (excluding diaryl/α,β-unsaturated/α-hetero) is 1. The molecule has 8 heteroatoms. The summed E-state index contributed by atoms with van der Waals surface area (Å²) in [5.74, 6) is 0.0402. The number of ether oxygens (including phenoxy) is 4. The third-order valence-corrected chi connectivity index (χ3v) is 5.68. The van der Waals surface area contributed by atoms with Gasteiger partial charge in [-0.1, -0.05) is 19.4 Å². The largest absolute Gasteiger partial charge is 0.507 e. The molecule has 1 heterocycles. The van der Waals surface area contributed by atoms with Crippen molar-refractivity contribution >= 4 is 17.4 Å². The average molecular weight is 456 g/mol. The van der Waals surface area contributed by atoms with E-state index >= 15 is 0 Å². The Hall–Kier alpha value is -3.68. The number of ketones is 1. The molecule has 0 bridgehead atoms. The van der Waals surface area contributed by atoms with Crippen LogP contribution in [0.2, 0.25) is 0 Å². The number of unbranched alkanes of at least 4 members (excludes halogenated alkanes) is 1. The number of likely N-dealkylation sites (tertiary alicyclic amines) is 1. The summed E-state index contributed by atoms with van der Waals surface area (Å²) in [4.78, 5) is 27.7. The molecule has 1 aliphatic rings. The molecule has 1 unspecified atom stereocenters. The van der Waals surface area contributed by atoms with Gasteiger partial charge in [0.1, 0.15) is 17.3 Å². The molecule has 2 aromatic carbocycles. The summed E-state index contributed by atoms with van der Waals surface area (Å²) in [6, 6.07) is 9.26. The summed E-state index contributed by atoms with van der Waals surface area (Å²) in [5, 5.41) is 11.3. The first kappa shape index (κ1) is 24.0. The van der Waals surface area contributed by atoms with E-state index < -0.39 is 17.7 Å². The first-order valence-corrected chi connectivity index (χ1v) is 10.6. The van der Waals surface area contributed by atoms with Gasteiger partial charge < -0.3 is 29.0 Å². The second-order valence-electron chi connectivity index (χ2n) is 7.53. The van der Waals surface area contributed by atoms with Gasteiger partial charge in [-0.2, -0.15) is 0 Å². The van der Waals surface area contributed by atoms with Crippen LogP contribution in [0.3, 0.4) is 0 Å². The maximum atomic E-state index is 13.2. The van der Waals surface area contributed by atoms with E-state index in [1.165, 1.54) is 33.3 Å². The smallest absolute Gasteiger partial charge is 0.295 e. The Balaban J connectivity index is 2.26.